The third-order valence-electron chi connectivity index (χ3n) is 12.3. The SMILES string of the molecule is c1ccc(-c2ccc(-c3cc(-c4ccc(-c5ccc6c(c5)C5(c7ccccc7-c7ccccc75)c5oc7ccccc7c5-6)cc4)cc(-c4ccccc4)n3)cc2)cc1. The Morgan fingerprint density at radius 3 is 1.45 bits per heavy atom. The van der Waals surface area contributed by atoms with Gasteiger partial charge in [-0.15, -0.1) is 0 Å². The Morgan fingerprint density at radius 2 is 0.793 bits per heavy atom. The number of nitrogens with zero attached hydrogens (tertiary/aromatic N) is 1. The quantitative estimate of drug-likeness (QED) is 0.176. The number of hydrogen-bond donors (Lipinski definition) is 0. The van der Waals surface area contributed by atoms with E-state index in [4.69, 9.17) is 9.40 Å². The molecule has 0 amide bonds. The number of benzene rings is 8. The van der Waals surface area contributed by atoms with Crippen LogP contribution in [0.5, 0.6) is 0 Å². The van der Waals surface area contributed by atoms with Crippen molar-refractivity contribution < 1.29 is 4.42 Å². The summed E-state index contributed by atoms with van der Waals surface area (Å²) in [6.07, 6.45) is 0. The van der Waals surface area contributed by atoms with E-state index in [1.54, 1.807) is 0 Å². The molecule has 0 fully saturated rings. The lowest BCUT2D eigenvalue weighted by Gasteiger charge is -2.28. The summed E-state index contributed by atoms with van der Waals surface area (Å²) in [5.74, 6) is 1.02. The van der Waals surface area contributed by atoms with Gasteiger partial charge in [0.15, 0.2) is 0 Å². The van der Waals surface area contributed by atoms with Crippen LogP contribution in [0.4, 0.5) is 0 Å². The number of furan rings is 1. The molecule has 0 aliphatic heterocycles. The highest BCUT2D eigenvalue weighted by molar-refractivity contribution is 6.05. The van der Waals surface area contributed by atoms with Gasteiger partial charge in [-0.2, -0.15) is 0 Å². The van der Waals surface area contributed by atoms with Crippen LogP contribution in [0.15, 0.2) is 217 Å². The zero-order chi connectivity index (χ0) is 38.2. The molecule has 0 bridgehead atoms. The van der Waals surface area contributed by atoms with Crippen LogP contribution in [0.2, 0.25) is 0 Å². The zero-order valence-corrected chi connectivity index (χ0v) is 31.6. The predicted molar refractivity (Wildman–Crippen MR) is 237 cm³/mol. The standard InChI is InChI=1S/C56H35NO/c1-3-13-36(14-4-1)37-27-29-41(30-28-37)52-35-43(34-51(57-52)40-15-5-2-6-16-40)39-25-23-38(24-26-39)42-31-32-46-50(33-42)56(55-54(46)47-19-9-12-22-53(47)58-55)48-20-10-7-17-44(48)45-18-8-11-21-49(45)56/h1-35H. The molecule has 2 aliphatic carbocycles. The van der Waals surface area contributed by atoms with E-state index in [0.717, 1.165) is 50.4 Å². The Bertz CT molecular complexity index is 3150. The van der Waals surface area contributed by atoms with Gasteiger partial charge in [0.25, 0.3) is 0 Å². The first-order valence-electron chi connectivity index (χ1n) is 19.9. The topological polar surface area (TPSA) is 26.0 Å². The van der Waals surface area contributed by atoms with Crippen molar-refractivity contribution in [2.24, 2.45) is 0 Å². The molecule has 2 heteroatoms. The van der Waals surface area contributed by atoms with Crippen LogP contribution < -0.4 is 0 Å². The predicted octanol–water partition coefficient (Wildman–Crippen LogP) is 14.5. The van der Waals surface area contributed by atoms with Crippen molar-refractivity contribution in [3.63, 3.8) is 0 Å². The maximum absolute atomic E-state index is 6.96. The molecule has 8 aromatic carbocycles. The fourth-order valence-electron chi connectivity index (χ4n) is 9.64. The molecule has 0 N–H and O–H groups in total. The van der Waals surface area contributed by atoms with Crippen molar-refractivity contribution in [1.29, 1.82) is 0 Å². The van der Waals surface area contributed by atoms with Gasteiger partial charge in [0.2, 0.25) is 0 Å². The maximum Gasteiger partial charge on any atom is 0.135 e. The summed E-state index contributed by atoms with van der Waals surface area (Å²) < 4.78 is 6.96. The minimum Gasteiger partial charge on any atom is -0.459 e. The summed E-state index contributed by atoms with van der Waals surface area (Å²) in [7, 11) is 0. The molecule has 2 aromatic heterocycles. The van der Waals surface area contributed by atoms with E-state index >= 15 is 0 Å². The van der Waals surface area contributed by atoms with Crippen molar-refractivity contribution in [3.05, 3.63) is 235 Å². The third kappa shape index (κ3) is 4.82. The third-order valence-corrected chi connectivity index (χ3v) is 12.3. The maximum atomic E-state index is 6.96. The average Bonchev–Trinajstić information content (AvgIpc) is 3.93. The summed E-state index contributed by atoms with van der Waals surface area (Å²) in [6, 6.07) is 76.5. The van der Waals surface area contributed by atoms with Crippen LogP contribution in [0.3, 0.4) is 0 Å². The molecule has 2 heterocycles. The molecule has 0 unspecified atom stereocenters. The molecule has 0 saturated carbocycles. The van der Waals surface area contributed by atoms with Crippen LogP contribution in [0.25, 0.3) is 89.1 Å². The largest absolute Gasteiger partial charge is 0.459 e. The normalized spacial score (nSPS) is 13.0. The smallest absolute Gasteiger partial charge is 0.135 e. The van der Waals surface area contributed by atoms with Crippen molar-refractivity contribution in [2.45, 2.75) is 5.41 Å². The molecule has 12 rings (SSSR count). The number of rotatable bonds is 5. The molecular formula is C56H35NO. The van der Waals surface area contributed by atoms with E-state index in [9.17, 15) is 0 Å². The van der Waals surface area contributed by atoms with Crippen LogP contribution in [-0.4, -0.2) is 4.98 Å². The highest BCUT2D eigenvalue weighted by Crippen LogP contribution is 2.64. The van der Waals surface area contributed by atoms with Crippen molar-refractivity contribution >= 4 is 11.0 Å². The van der Waals surface area contributed by atoms with E-state index in [1.807, 2.05) is 0 Å². The van der Waals surface area contributed by atoms with E-state index < -0.39 is 5.41 Å². The van der Waals surface area contributed by atoms with Crippen molar-refractivity contribution in [3.8, 4) is 78.1 Å². The van der Waals surface area contributed by atoms with Crippen LogP contribution in [-0.2, 0) is 5.41 Å². The Labute approximate surface area is 337 Å². The second kappa shape index (κ2) is 12.7. The summed E-state index contributed by atoms with van der Waals surface area (Å²) in [6.45, 7) is 0. The Hall–Kier alpha value is -7.55. The van der Waals surface area contributed by atoms with Crippen LogP contribution in [0.1, 0.15) is 22.5 Å². The van der Waals surface area contributed by atoms with Crippen molar-refractivity contribution in [1.82, 2.24) is 4.98 Å². The molecule has 270 valence electrons. The lowest BCUT2D eigenvalue weighted by molar-refractivity contribution is 0.507. The Balaban J connectivity index is 0.974. The minimum atomic E-state index is -0.548. The van der Waals surface area contributed by atoms with Gasteiger partial charge < -0.3 is 4.42 Å². The summed E-state index contributed by atoms with van der Waals surface area (Å²) in [4.78, 5) is 5.19. The van der Waals surface area contributed by atoms with Crippen LogP contribution >= 0.6 is 0 Å². The summed E-state index contributed by atoms with van der Waals surface area (Å²) in [5, 5.41) is 1.16. The minimum absolute atomic E-state index is 0.548. The van der Waals surface area contributed by atoms with Crippen molar-refractivity contribution in [2.75, 3.05) is 0 Å². The Kier molecular flexibility index (Phi) is 7.18. The zero-order valence-electron chi connectivity index (χ0n) is 31.6. The molecule has 0 saturated heterocycles. The number of pyridine rings is 1. The van der Waals surface area contributed by atoms with Gasteiger partial charge in [0.05, 0.1) is 11.4 Å². The van der Waals surface area contributed by atoms with E-state index in [0.29, 0.717) is 0 Å². The number of para-hydroxylation sites is 1. The molecule has 58 heavy (non-hydrogen) atoms. The first-order valence-corrected chi connectivity index (χ1v) is 19.9. The highest BCUT2D eigenvalue weighted by atomic mass is 16.3. The molecule has 2 nitrogen and oxygen atoms in total. The molecule has 0 atom stereocenters. The molecular weight excluding hydrogens is 703 g/mol. The van der Waals surface area contributed by atoms with Gasteiger partial charge in [-0.05, 0) is 91.0 Å². The molecule has 10 aromatic rings. The lowest BCUT2D eigenvalue weighted by atomic mass is 9.72. The highest BCUT2D eigenvalue weighted by Gasteiger charge is 2.55. The molecule has 1 spiro atoms. The van der Waals surface area contributed by atoms with Gasteiger partial charge in [-0.1, -0.05) is 188 Å². The number of aromatic nitrogens is 1. The first kappa shape index (κ1) is 32.7. The monoisotopic (exact) mass is 737 g/mol. The fourth-order valence-corrected chi connectivity index (χ4v) is 9.64. The summed E-state index contributed by atoms with van der Waals surface area (Å²) in [5.41, 5.74) is 20.3. The van der Waals surface area contributed by atoms with Crippen LogP contribution in [0, 0.1) is 0 Å². The number of fused-ring (bicyclic) bond motifs is 12. The first-order chi connectivity index (χ1) is 28.7. The average molecular weight is 738 g/mol. The fraction of sp³-hybridized carbons (Fsp3) is 0.0179. The Morgan fingerprint density at radius 1 is 0.328 bits per heavy atom. The van der Waals surface area contributed by atoms with E-state index in [-0.39, 0.29) is 0 Å². The van der Waals surface area contributed by atoms with Gasteiger partial charge >= 0.3 is 0 Å². The van der Waals surface area contributed by atoms with Gasteiger partial charge in [0.1, 0.15) is 16.8 Å². The molecule has 0 radical (unpaired) electrons. The second-order valence-corrected chi connectivity index (χ2v) is 15.4. The molecule has 2 aliphatic rings. The lowest BCUT2D eigenvalue weighted by Crippen LogP contribution is -2.25. The summed E-state index contributed by atoms with van der Waals surface area (Å²) >= 11 is 0. The van der Waals surface area contributed by atoms with E-state index in [1.165, 1.54) is 61.2 Å². The number of hydrogen-bond acceptors (Lipinski definition) is 2. The van der Waals surface area contributed by atoms with Gasteiger partial charge in [0, 0.05) is 22.1 Å². The van der Waals surface area contributed by atoms with E-state index in [2.05, 4.69) is 212 Å². The van der Waals surface area contributed by atoms with Gasteiger partial charge in [-0.3, -0.25) is 0 Å². The second-order valence-electron chi connectivity index (χ2n) is 15.4. The van der Waals surface area contributed by atoms with Gasteiger partial charge in [-0.25, -0.2) is 4.98 Å².